The van der Waals surface area contributed by atoms with Crippen LogP contribution in [0.3, 0.4) is 0 Å². The monoisotopic (exact) mass is 264 g/mol. The average Bonchev–Trinajstić information content (AvgIpc) is 2.92. The molecule has 4 atom stereocenters. The Morgan fingerprint density at radius 1 is 0.947 bits per heavy atom. The molecule has 0 aromatic heterocycles. The molecule has 3 fully saturated rings. The Hall–Kier alpha value is -0.0800. The van der Waals surface area contributed by atoms with Crippen LogP contribution in [0.4, 0.5) is 0 Å². The molecule has 4 unspecified atom stereocenters. The van der Waals surface area contributed by atoms with Crippen LogP contribution in [0.5, 0.6) is 0 Å². The predicted molar refractivity (Wildman–Crippen MR) is 81.3 cm³/mol. The van der Waals surface area contributed by atoms with E-state index in [9.17, 15) is 0 Å². The van der Waals surface area contributed by atoms with E-state index in [1.165, 1.54) is 77.4 Å². The maximum atomic E-state index is 3.53. The lowest BCUT2D eigenvalue weighted by molar-refractivity contribution is 0.0820. The van der Waals surface area contributed by atoms with Gasteiger partial charge in [0.1, 0.15) is 0 Å². The second-order valence-corrected chi connectivity index (χ2v) is 7.27. The topological polar surface area (TPSA) is 15.3 Å². The zero-order valence-corrected chi connectivity index (χ0v) is 12.7. The van der Waals surface area contributed by atoms with Gasteiger partial charge in [-0.3, -0.25) is 0 Å². The van der Waals surface area contributed by atoms with Crippen molar-refractivity contribution in [2.75, 3.05) is 26.7 Å². The third-order valence-corrected chi connectivity index (χ3v) is 6.22. The van der Waals surface area contributed by atoms with E-state index in [0.29, 0.717) is 0 Å². The summed E-state index contributed by atoms with van der Waals surface area (Å²) in [7, 11) is 2.15. The van der Waals surface area contributed by atoms with Crippen LogP contribution in [0.15, 0.2) is 0 Å². The normalized spacial score (nSPS) is 40.3. The summed E-state index contributed by atoms with van der Waals surface area (Å²) >= 11 is 0. The molecule has 2 heteroatoms. The predicted octanol–water partition coefficient (Wildman–Crippen LogP) is 3.28. The lowest BCUT2D eigenvalue weighted by Gasteiger charge is -2.41. The van der Waals surface area contributed by atoms with Crippen molar-refractivity contribution in [2.24, 2.45) is 17.8 Å². The van der Waals surface area contributed by atoms with Crippen molar-refractivity contribution < 1.29 is 0 Å². The van der Waals surface area contributed by atoms with E-state index in [-0.39, 0.29) is 0 Å². The molecule has 0 aromatic rings. The van der Waals surface area contributed by atoms with Gasteiger partial charge in [0.15, 0.2) is 0 Å². The first-order valence-corrected chi connectivity index (χ1v) is 8.76. The SMILES string of the molecule is CNC1CCCC1CCN1CCC2CCCCC2C1. The fourth-order valence-corrected chi connectivity index (χ4v) is 4.99. The van der Waals surface area contributed by atoms with E-state index < -0.39 is 0 Å². The number of fused-ring (bicyclic) bond motifs is 1. The average molecular weight is 264 g/mol. The first kappa shape index (κ1) is 13.9. The van der Waals surface area contributed by atoms with Crippen LogP contribution in [0.2, 0.25) is 0 Å². The van der Waals surface area contributed by atoms with Gasteiger partial charge in [0.2, 0.25) is 0 Å². The summed E-state index contributed by atoms with van der Waals surface area (Å²) in [6.45, 7) is 4.17. The first-order valence-electron chi connectivity index (χ1n) is 8.76. The minimum Gasteiger partial charge on any atom is -0.317 e. The molecule has 3 rings (SSSR count). The molecule has 2 nitrogen and oxygen atoms in total. The van der Waals surface area contributed by atoms with Crippen molar-refractivity contribution in [2.45, 2.75) is 63.8 Å². The molecule has 0 spiro atoms. The van der Waals surface area contributed by atoms with Crippen molar-refractivity contribution in [3.8, 4) is 0 Å². The van der Waals surface area contributed by atoms with E-state index in [1.807, 2.05) is 0 Å². The van der Waals surface area contributed by atoms with E-state index in [1.54, 1.807) is 0 Å². The number of hydrogen-bond donors (Lipinski definition) is 1. The number of piperidine rings is 1. The molecular formula is C17H32N2. The third kappa shape index (κ3) is 3.33. The van der Waals surface area contributed by atoms with Crippen molar-refractivity contribution in [1.29, 1.82) is 0 Å². The number of nitrogens with one attached hydrogen (secondary N) is 1. The van der Waals surface area contributed by atoms with Gasteiger partial charge in [0.25, 0.3) is 0 Å². The molecule has 3 aliphatic rings. The zero-order valence-electron chi connectivity index (χ0n) is 12.7. The second kappa shape index (κ2) is 6.58. The minimum absolute atomic E-state index is 0.812. The van der Waals surface area contributed by atoms with Gasteiger partial charge >= 0.3 is 0 Å². The number of nitrogens with zero attached hydrogens (tertiary/aromatic N) is 1. The third-order valence-electron chi connectivity index (χ3n) is 6.22. The lowest BCUT2D eigenvalue weighted by Crippen LogP contribution is -2.43. The fourth-order valence-electron chi connectivity index (χ4n) is 4.99. The van der Waals surface area contributed by atoms with Crippen LogP contribution in [-0.4, -0.2) is 37.6 Å². The second-order valence-electron chi connectivity index (χ2n) is 7.27. The number of rotatable bonds is 4. The molecule has 0 aromatic carbocycles. The lowest BCUT2D eigenvalue weighted by atomic mass is 9.75. The molecule has 0 bridgehead atoms. The van der Waals surface area contributed by atoms with E-state index in [2.05, 4.69) is 17.3 Å². The van der Waals surface area contributed by atoms with Crippen molar-refractivity contribution in [3.05, 3.63) is 0 Å². The van der Waals surface area contributed by atoms with Crippen LogP contribution in [-0.2, 0) is 0 Å². The Morgan fingerprint density at radius 3 is 2.63 bits per heavy atom. The minimum atomic E-state index is 0.812. The van der Waals surface area contributed by atoms with Gasteiger partial charge in [-0.15, -0.1) is 0 Å². The highest BCUT2D eigenvalue weighted by Gasteiger charge is 2.32. The molecule has 19 heavy (non-hydrogen) atoms. The molecule has 1 N–H and O–H groups in total. The smallest absolute Gasteiger partial charge is 0.00928 e. The van der Waals surface area contributed by atoms with Gasteiger partial charge < -0.3 is 10.2 Å². The van der Waals surface area contributed by atoms with Gasteiger partial charge in [0.05, 0.1) is 0 Å². The van der Waals surface area contributed by atoms with Gasteiger partial charge in [0, 0.05) is 12.6 Å². The highest BCUT2D eigenvalue weighted by atomic mass is 15.1. The van der Waals surface area contributed by atoms with Crippen molar-refractivity contribution in [1.82, 2.24) is 10.2 Å². The van der Waals surface area contributed by atoms with E-state index >= 15 is 0 Å². The molecule has 2 saturated carbocycles. The summed E-state index contributed by atoms with van der Waals surface area (Å²) in [5.74, 6) is 3.08. The van der Waals surface area contributed by atoms with Gasteiger partial charge in [-0.2, -0.15) is 0 Å². The summed E-state index contributed by atoms with van der Waals surface area (Å²) in [5.41, 5.74) is 0. The summed E-state index contributed by atoms with van der Waals surface area (Å²) in [6, 6.07) is 0.812. The molecule has 1 saturated heterocycles. The van der Waals surface area contributed by atoms with Crippen LogP contribution >= 0.6 is 0 Å². The van der Waals surface area contributed by atoms with Gasteiger partial charge in [-0.05, 0) is 70.0 Å². The Labute approximate surface area is 119 Å². The van der Waals surface area contributed by atoms with Crippen LogP contribution in [0.1, 0.15) is 57.8 Å². The Kier molecular flexibility index (Phi) is 4.81. The largest absolute Gasteiger partial charge is 0.317 e. The van der Waals surface area contributed by atoms with E-state index in [0.717, 1.165) is 23.8 Å². The first-order chi connectivity index (χ1) is 9.36. The molecule has 2 aliphatic carbocycles. The number of hydrogen-bond acceptors (Lipinski definition) is 2. The van der Waals surface area contributed by atoms with Gasteiger partial charge in [-0.1, -0.05) is 25.7 Å². The Morgan fingerprint density at radius 2 is 1.79 bits per heavy atom. The van der Waals surface area contributed by atoms with Crippen LogP contribution < -0.4 is 5.32 Å². The fraction of sp³-hybridized carbons (Fsp3) is 1.00. The standard InChI is InChI=1S/C17H32N2/c1-18-17-8-4-7-15(17)10-12-19-11-9-14-5-2-3-6-16(14)13-19/h14-18H,2-13H2,1H3. The summed E-state index contributed by atoms with van der Waals surface area (Å²) in [4.78, 5) is 2.79. The maximum absolute atomic E-state index is 3.53. The summed E-state index contributed by atoms with van der Waals surface area (Å²) in [5, 5.41) is 3.53. The van der Waals surface area contributed by atoms with Crippen molar-refractivity contribution in [3.63, 3.8) is 0 Å². The van der Waals surface area contributed by atoms with Crippen molar-refractivity contribution >= 4 is 0 Å². The zero-order chi connectivity index (χ0) is 13.1. The Balaban J connectivity index is 1.43. The van der Waals surface area contributed by atoms with Gasteiger partial charge in [-0.25, -0.2) is 0 Å². The van der Waals surface area contributed by atoms with Crippen LogP contribution in [0.25, 0.3) is 0 Å². The van der Waals surface area contributed by atoms with Crippen LogP contribution in [0, 0.1) is 17.8 Å². The molecule has 110 valence electrons. The highest BCUT2D eigenvalue weighted by Crippen LogP contribution is 2.36. The molecule has 1 aliphatic heterocycles. The quantitative estimate of drug-likeness (QED) is 0.838. The number of likely N-dealkylation sites (tertiary alicyclic amines) is 1. The Bertz CT molecular complexity index is 278. The summed E-state index contributed by atoms with van der Waals surface area (Å²) in [6.07, 6.45) is 13.3. The van der Waals surface area contributed by atoms with E-state index in [4.69, 9.17) is 0 Å². The molecule has 0 amide bonds. The molecule has 0 radical (unpaired) electrons. The summed E-state index contributed by atoms with van der Waals surface area (Å²) < 4.78 is 0. The molecular weight excluding hydrogens is 232 g/mol. The highest BCUT2D eigenvalue weighted by molar-refractivity contribution is 4.86. The molecule has 1 heterocycles. The maximum Gasteiger partial charge on any atom is 0.00928 e.